The van der Waals surface area contributed by atoms with Gasteiger partial charge in [-0.2, -0.15) is 4.98 Å². The van der Waals surface area contributed by atoms with Gasteiger partial charge in [-0.1, -0.05) is 30.8 Å². The van der Waals surface area contributed by atoms with Crippen LogP contribution in [0, 0.1) is 6.92 Å². The molecule has 3 heterocycles. The molecule has 0 N–H and O–H groups in total. The Morgan fingerprint density at radius 2 is 2.00 bits per heavy atom. The average molecular weight is 333 g/mol. The summed E-state index contributed by atoms with van der Waals surface area (Å²) in [4.78, 5) is 4.44. The number of hydrogen-bond donors (Lipinski definition) is 0. The molecule has 7 nitrogen and oxygen atoms in total. The maximum Gasteiger partial charge on any atom is 0.239 e. The maximum absolute atomic E-state index is 5.34. The van der Waals surface area contributed by atoms with Crippen LogP contribution in [0.1, 0.15) is 49.4 Å². The molecule has 3 aromatic rings. The third-order valence-electron chi connectivity index (χ3n) is 3.54. The summed E-state index contributed by atoms with van der Waals surface area (Å²) in [6.45, 7) is 7.99. The van der Waals surface area contributed by atoms with Crippen LogP contribution in [0.25, 0.3) is 11.4 Å². The minimum absolute atomic E-state index is 0.00352. The number of nitrogens with zero attached hydrogens (tertiary/aromatic N) is 5. The molecular weight excluding hydrogens is 314 g/mol. The van der Waals surface area contributed by atoms with Gasteiger partial charge in [-0.15, -0.1) is 10.2 Å². The van der Waals surface area contributed by atoms with Crippen molar-refractivity contribution in [3.63, 3.8) is 0 Å². The number of rotatable bonds is 5. The molecule has 0 amide bonds. The highest BCUT2D eigenvalue weighted by atomic mass is 32.2. The monoisotopic (exact) mass is 333 g/mol. The van der Waals surface area contributed by atoms with Gasteiger partial charge in [0.1, 0.15) is 5.76 Å². The first-order chi connectivity index (χ1) is 11.0. The molecule has 0 fully saturated rings. The van der Waals surface area contributed by atoms with E-state index in [1.165, 1.54) is 11.8 Å². The van der Waals surface area contributed by atoms with Gasteiger partial charge in [0.15, 0.2) is 16.8 Å². The highest BCUT2D eigenvalue weighted by molar-refractivity contribution is 7.99. The van der Waals surface area contributed by atoms with Gasteiger partial charge in [0.05, 0.1) is 17.1 Å². The predicted molar refractivity (Wildman–Crippen MR) is 86.1 cm³/mol. The Hall–Kier alpha value is -2.09. The lowest BCUT2D eigenvalue weighted by Gasteiger charge is -2.06. The summed E-state index contributed by atoms with van der Waals surface area (Å²) in [5.41, 5.74) is 0.944. The molecule has 0 radical (unpaired) electrons. The number of aryl methyl sites for hydroxylation is 1. The molecule has 0 saturated heterocycles. The SMILES string of the molecule is Cc1occc1-c1nnc(SC(C)c2nc(C(C)C)no2)n1C. The molecule has 8 heteroatoms. The van der Waals surface area contributed by atoms with Gasteiger partial charge in [-0.05, 0) is 19.9 Å². The highest BCUT2D eigenvalue weighted by Crippen LogP contribution is 2.34. The number of furan rings is 1. The molecule has 1 atom stereocenters. The summed E-state index contributed by atoms with van der Waals surface area (Å²) >= 11 is 1.53. The Labute approximate surface area is 138 Å². The van der Waals surface area contributed by atoms with Gasteiger partial charge in [-0.25, -0.2) is 0 Å². The van der Waals surface area contributed by atoms with Crippen LogP contribution in [0.4, 0.5) is 0 Å². The van der Waals surface area contributed by atoms with Crippen molar-refractivity contribution in [3.05, 3.63) is 29.8 Å². The fourth-order valence-corrected chi connectivity index (χ4v) is 2.97. The second-order valence-electron chi connectivity index (χ2n) is 5.66. The molecule has 3 aromatic heterocycles. The second kappa shape index (κ2) is 6.19. The quantitative estimate of drug-likeness (QED) is 0.658. The Morgan fingerprint density at radius 1 is 1.22 bits per heavy atom. The molecule has 0 saturated carbocycles. The fourth-order valence-electron chi connectivity index (χ4n) is 2.12. The summed E-state index contributed by atoms with van der Waals surface area (Å²) in [6, 6.07) is 1.89. The highest BCUT2D eigenvalue weighted by Gasteiger charge is 2.21. The Morgan fingerprint density at radius 3 is 2.61 bits per heavy atom. The van der Waals surface area contributed by atoms with E-state index in [0.29, 0.717) is 5.89 Å². The Balaban J connectivity index is 1.80. The predicted octanol–water partition coefficient (Wildman–Crippen LogP) is 3.74. The van der Waals surface area contributed by atoms with Crippen molar-refractivity contribution in [3.8, 4) is 11.4 Å². The minimum Gasteiger partial charge on any atom is -0.469 e. The van der Waals surface area contributed by atoms with Crippen LogP contribution in [0.15, 0.2) is 26.4 Å². The van der Waals surface area contributed by atoms with E-state index in [4.69, 9.17) is 8.94 Å². The standard InChI is InChI=1S/C15H19N5O2S/c1-8(2)12-16-14(22-19-12)10(4)23-15-18-17-13(20(15)5)11-6-7-21-9(11)3/h6-8,10H,1-5H3. The molecule has 23 heavy (non-hydrogen) atoms. The zero-order chi connectivity index (χ0) is 16.6. The smallest absolute Gasteiger partial charge is 0.239 e. The number of hydrogen-bond acceptors (Lipinski definition) is 7. The Bertz CT molecular complexity index is 805. The molecule has 0 aliphatic carbocycles. The van der Waals surface area contributed by atoms with E-state index >= 15 is 0 Å². The van der Waals surface area contributed by atoms with Crippen molar-refractivity contribution < 1.29 is 8.94 Å². The summed E-state index contributed by atoms with van der Waals surface area (Å²) < 4.78 is 12.6. The zero-order valence-electron chi connectivity index (χ0n) is 13.8. The van der Waals surface area contributed by atoms with Crippen LogP contribution in [0.2, 0.25) is 0 Å². The molecule has 3 rings (SSSR count). The van der Waals surface area contributed by atoms with E-state index in [-0.39, 0.29) is 11.2 Å². The largest absolute Gasteiger partial charge is 0.469 e. The van der Waals surface area contributed by atoms with Gasteiger partial charge in [-0.3, -0.25) is 0 Å². The summed E-state index contributed by atoms with van der Waals surface area (Å²) in [7, 11) is 1.93. The van der Waals surface area contributed by atoms with Gasteiger partial charge in [0.25, 0.3) is 0 Å². The van der Waals surface area contributed by atoms with Crippen LogP contribution in [-0.2, 0) is 7.05 Å². The maximum atomic E-state index is 5.34. The summed E-state index contributed by atoms with van der Waals surface area (Å²) in [5, 5.41) is 13.3. The van der Waals surface area contributed by atoms with E-state index in [0.717, 1.165) is 28.1 Å². The number of aromatic nitrogens is 5. The van der Waals surface area contributed by atoms with Crippen molar-refractivity contribution in [2.24, 2.45) is 7.05 Å². The molecule has 0 aliphatic rings. The molecule has 0 bridgehead atoms. The lowest BCUT2D eigenvalue weighted by molar-refractivity contribution is 0.373. The van der Waals surface area contributed by atoms with Crippen LogP contribution in [0.3, 0.4) is 0 Å². The summed E-state index contributed by atoms with van der Waals surface area (Å²) in [6.07, 6.45) is 1.65. The topological polar surface area (TPSA) is 82.8 Å². The second-order valence-corrected chi connectivity index (χ2v) is 6.97. The van der Waals surface area contributed by atoms with Gasteiger partial charge in [0, 0.05) is 13.0 Å². The van der Waals surface area contributed by atoms with E-state index in [1.54, 1.807) is 6.26 Å². The summed E-state index contributed by atoms with van der Waals surface area (Å²) in [5.74, 6) is 3.17. The van der Waals surface area contributed by atoms with Crippen LogP contribution in [-0.4, -0.2) is 24.9 Å². The molecule has 122 valence electrons. The van der Waals surface area contributed by atoms with Crippen molar-refractivity contribution in [1.82, 2.24) is 24.9 Å². The third kappa shape index (κ3) is 3.03. The molecule has 1 unspecified atom stereocenters. The minimum atomic E-state index is -0.00352. The fraction of sp³-hybridized carbons (Fsp3) is 0.467. The van der Waals surface area contributed by atoms with Crippen molar-refractivity contribution in [2.45, 2.75) is 44.0 Å². The van der Waals surface area contributed by atoms with E-state index in [9.17, 15) is 0 Å². The first-order valence-corrected chi connectivity index (χ1v) is 8.29. The molecule has 0 spiro atoms. The lowest BCUT2D eigenvalue weighted by atomic mass is 10.2. The van der Waals surface area contributed by atoms with Crippen molar-refractivity contribution in [2.75, 3.05) is 0 Å². The first-order valence-electron chi connectivity index (χ1n) is 7.41. The van der Waals surface area contributed by atoms with Crippen LogP contribution >= 0.6 is 11.8 Å². The molecule has 0 aliphatic heterocycles. The zero-order valence-corrected chi connectivity index (χ0v) is 14.6. The van der Waals surface area contributed by atoms with Crippen molar-refractivity contribution >= 4 is 11.8 Å². The first kappa shape index (κ1) is 15.8. The number of thioether (sulfide) groups is 1. The van der Waals surface area contributed by atoms with Crippen molar-refractivity contribution in [1.29, 1.82) is 0 Å². The van der Waals surface area contributed by atoms with E-state index in [1.807, 2.05) is 45.4 Å². The van der Waals surface area contributed by atoms with Crippen LogP contribution < -0.4 is 0 Å². The molecule has 0 aromatic carbocycles. The Kier molecular flexibility index (Phi) is 4.25. The van der Waals surface area contributed by atoms with Gasteiger partial charge in [0.2, 0.25) is 5.89 Å². The van der Waals surface area contributed by atoms with Gasteiger partial charge >= 0.3 is 0 Å². The van der Waals surface area contributed by atoms with Crippen LogP contribution in [0.5, 0.6) is 0 Å². The van der Waals surface area contributed by atoms with E-state index in [2.05, 4.69) is 20.3 Å². The third-order valence-corrected chi connectivity index (χ3v) is 4.66. The average Bonchev–Trinajstić information content (AvgIpc) is 3.21. The van der Waals surface area contributed by atoms with Gasteiger partial charge < -0.3 is 13.5 Å². The lowest BCUT2D eigenvalue weighted by Crippen LogP contribution is -1.97. The normalized spacial score (nSPS) is 13.0. The van der Waals surface area contributed by atoms with E-state index < -0.39 is 0 Å². The molecular formula is C15H19N5O2S.